The van der Waals surface area contributed by atoms with E-state index in [1.807, 2.05) is 72.8 Å². The van der Waals surface area contributed by atoms with E-state index in [0.717, 1.165) is 22.6 Å². The number of amides is 1. The van der Waals surface area contributed by atoms with Gasteiger partial charge in [0.15, 0.2) is 0 Å². The van der Waals surface area contributed by atoms with Crippen molar-refractivity contribution in [2.24, 2.45) is 0 Å². The number of pyridine rings is 1. The van der Waals surface area contributed by atoms with E-state index < -0.39 is 0 Å². The zero-order valence-electron chi connectivity index (χ0n) is 14.1. The first-order valence-corrected chi connectivity index (χ1v) is 8.14. The molecule has 1 aromatic heterocycles. The highest BCUT2D eigenvalue weighted by Crippen LogP contribution is 2.20. The van der Waals surface area contributed by atoms with Gasteiger partial charge in [0.1, 0.15) is 5.75 Å². The Bertz CT molecular complexity index is 763. The number of carbonyl (C=O) groups is 1. The van der Waals surface area contributed by atoms with E-state index in [0.29, 0.717) is 6.42 Å². The zero-order valence-corrected chi connectivity index (χ0v) is 14.1. The van der Waals surface area contributed by atoms with Crippen LogP contribution in [0.1, 0.15) is 22.9 Å². The van der Waals surface area contributed by atoms with Crippen molar-refractivity contribution < 1.29 is 9.53 Å². The number of hydrogen-bond donors (Lipinski definition) is 1. The van der Waals surface area contributed by atoms with Crippen LogP contribution in [0.2, 0.25) is 0 Å². The molecule has 0 radical (unpaired) electrons. The van der Waals surface area contributed by atoms with E-state index in [1.54, 1.807) is 13.3 Å². The number of carbonyl (C=O) groups excluding carboxylic acids is 1. The first-order chi connectivity index (χ1) is 12.3. The maximum absolute atomic E-state index is 12.6. The number of benzene rings is 2. The molecule has 126 valence electrons. The van der Waals surface area contributed by atoms with Gasteiger partial charge in [-0.1, -0.05) is 48.5 Å². The second-order valence-corrected chi connectivity index (χ2v) is 5.69. The molecule has 1 amide bonds. The first kappa shape index (κ1) is 16.7. The predicted molar refractivity (Wildman–Crippen MR) is 97.4 cm³/mol. The van der Waals surface area contributed by atoms with Crippen molar-refractivity contribution in [3.63, 3.8) is 0 Å². The summed E-state index contributed by atoms with van der Waals surface area (Å²) < 4.78 is 5.15. The second kappa shape index (κ2) is 8.11. The summed E-state index contributed by atoms with van der Waals surface area (Å²) in [5, 5.41) is 3.09. The summed E-state index contributed by atoms with van der Waals surface area (Å²) in [6.07, 6.45) is 2.04. The summed E-state index contributed by atoms with van der Waals surface area (Å²) in [6.45, 7) is 0. The molecule has 25 heavy (non-hydrogen) atoms. The number of methoxy groups -OCH3 is 1. The third-order valence-corrected chi connectivity index (χ3v) is 3.95. The van der Waals surface area contributed by atoms with Gasteiger partial charge < -0.3 is 10.1 Å². The Balaban J connectivity index is 1.76. The molecule has 0 unspecified atom stereocenters. The molecule has 0 aliphatic rings. The minimum Gasteiger partial charge on any atom is -0.497 e. The molecule has 4 nitrogen and oxygen atoms in total. The van der Waals surface area contributed by atoms with Gasteiger partial charge in [-0.2, -0.15) is 0 Å². The fourth-order valence-corrected chi connectivity index (χ4v) is 2.66. The van der Waals surface area contributed by atoms with E-state index >= 15 is 0 Å². The molecule has 0 bridgehead atoms. The SMILES string of the molecule is COc1ccc(CC(=O)N[C@H](c2ccccc2)c2ccccn2)cc1. The van der Waals surface area contributed by atoms with Crippen LogP contribution in [0.25, 0.3) is 0 Å². The minimum absolute atomic E-state index is 0.0512. The molecule has 0 saturated carbocycles. The predicted octanol–water partition coefficient (Wildman–Crippen LogP) is 3.54. The lowest BCUT2D eigenvalue weighted by Gasteiger charge is -2.19. The molecule has 3 rings (SSSR count). The molecule has 4 heteroatoms. The smallest absolute Gasteiger partial charge is 0.225 e. The maximum atomic E-state index is 12.6. The lowest BCUT2D eigenvalue weighted by Crippen LogP contribution is -2.31. The molecule has 0 aliphatic carbocycles. The van der Waals surface area contributed by atoms with Crippen LogP contribution in [0.5, 0.6) is 5.75 Å². The van der Waals surface area contributed by atoms with Gasteiger partial charge in [0.25, 0.3) is 0 Å². The van der Waals surface area contributed by atoms with Crippen molar-refractivity contribution in [3.8, 4) is 5.75 Å². The van der Waals surface area contributed by atoms with Crippen molar-refractivity contribution >= 4 is 5.91 Å². The fraction of sp³-hybridized carbons (Fsp3) is 0.143. The molecule has 0 spiro atoms. The summed E-state index contributed by atoms with van der Waals surface area (Å²) >= 11 is 0. The standard InChI is InChI=1S/C21H20N2O2/c1-25-18-12-10-16(11-13-18)15-20(24)23-21(17-7-3-2-4-8-17)19-9-5-6-14-22-19/h2-14,21H,15H2,1H3,(H,23,24)/t21-/m1/s1. The number of nitrogens with zero attached hydrogens (tertiary/aromatic N) is 1. The average Bonchev–Trinajstić information content (AvgIpc) is 2.68. The maximum Gasteiger partial charge on any atom is 0.225 e. The van der Waals surface area contributed by atoms with E-state index in [-0.39, 0.29) is 11.9 Å². The van der Waals surface area contributed by atoms with Gasteiger partial charge >= 0.3 is 0 Å². The lowest BCUT2D eigenvalue weighted by molar-refractivity contribution is -0.121. The number of rotatable bonds is 6. The fourth-order valence-electron chi connectivity index (χ4n) is 2.66. The van der Waals surface area contributed by atoms with Gasteiger partial charge in [0.05, 0.1) is 25.3 Å². The first-order valence-electron chi connectivity index (χ1n) is 8.14. The van der Waals surface area contributed by atoms with Crippen LogP contribution in [0, 0.1) is 0 Å². The van der Waals surface area contributed by atoms with Crippen LogP contribution >= 0.6 is 0 Å². The van der Waals surface area contributed by atoms with Gasteiger partial charge in [-0.05, 0) is 35.4 Å². The van der Waals surface area contributed by atoms with E-state index in [4.69, 9.17) is 4.74 Å². The number of aromatic nitrogens is 1. The average molecular weight is 332 g/mol. The monoisotopic (exact) mass is 332 g/mol. The van der Waals surface area contributed by atoms with Gasteiger partial charge in [0.2, 0.25) is 5.91 Å². The second-order valence-electron chi connectivity index (χ2n) is 5.69. The largest absolute Gasteiger partial charge is 0.497 e. The quantitative estimate of drug-likeness (QED) is 0.751. The van der Waals surface area contributed by atoms with E-state index in [2.05, 4.69) is 10.3 Å². The highest BCUT2D eigenvalue weighted by atomic mass is 16.5. The summed E-state index contributed by atoms with van der Waals surface area (Å²) in [7, 11) is 1.62. The van der Waals surface area contributed by atoms with Crippen LogP contribution in [0.15, 0.2) is 79.0 Å². The van der Waals surface area contributed by atoms with Crippen molar-refractivity contribution in [2.45, 2.75) is 12.5 Å². The Labute approximate surface area is 147 Å². The highest BCUT2D eigenvalue weighted by Gasteiger charge is 2.17. The topological polar surface area (TPSA) is 51.2 Å². The molecular weight excluding hydrogens is 312 g/mol. The Morgan fingerprint density at radius 1 is 1.00 bits per heavy atom. The molecule has 2 aromatic carbocycles. The third-order valence-electron chi connectivity index (χ3n) is 3.95. The molecule has 0 aliphatic heterocycles. The van der Waals surface area contributed by atoms with Crippen molar-refractivity contribution in [1.82, 2.24) is 10.3 Å². The molecule has 0 saturated heterocycles. The van der Waals surface area contributed by atoms with Crippen LogP contribution in [-0.2, 0) is 11.2 Å². The lowest BCUT2D eigenvalue weighted by atomic mass is 10.0. The molecule has 0 fully saturated rings. The van der Waals surface area contributed by atoms with Crippen molar-refractivity contribution in [2.75, 3.05) is 7.11 Å². The van der Waals surface area contributed by atoms with Crippen LogP contribution in [0.4, 0.5) is 0 Å². The van der Waals surface area contributed by atoms with Gasteiger partial charge in [0, 0.05) is 6.20 Å². The molecule has 3 aromatic rings. The van der Waals surface area contributed by atoms with Gasteiger partial charge in [-0.15, -0.1) is 0 Å². The Morgan fingerprint density at radius 2 is 1.72 bits per heavy atom. The normalized spacial score (nSPS) is 11.6. The number of hydrogen-bond acceptors (Lipinski definition) is 3. The molecule has 1 heterocycles. The van der Waals surface area contributed by atoms with Crippen LogP contribution in [-0.4, -0.2) is 18.0 Å². The van der Waals surface area contributed by atoms with Crippen LogP contribution in [0.3, 0.4) is 0 Å². The van der Waals surface area contributed by atoms with E-state index in [9.17, 15) is 4.79 Å². The van der Waals surface area contributed by atoms with Crippen LogP contribution < -0.4 is 10.1 Å². The van der Waals surface area contributed by atoms with E-state index in [1.165, 1.54) is 0 Å². The van der Waals surface area contributed by atoms with Gasteiger partial charge in [-0.25, -0.2) is 0 Å². The Morgan fingerprint density at radius 3 is 2.36 bits per heavy atom. The third kappa shape index (κ3) is 4.44. The molecule has 1 N–H and O–H groups in total. The summed E-state index contributed by atoms with van der Waals surface area (Å²) in [5.41, 5.74) is 2.76. The zero-order chi connectivity index (χ0) is 17.5. The summed E-state index contributed by atoms with van der Waals surface area (Å²) in [6, 6.07) is 22.8. The molecule has 1 atom stereocenters. The van der Waals surface area contributed by atoms with Crippen molar-refractivity contribution in [1.29, 1.82) is 0 Å². The molecular formula is C21H20N2O2. The van der Waals surface area contributed by atoms with Gasteiger partial charge in [-0.3, -0.25) is 9.78 Å². The summed E-state index contributed by atoms with van der Waals surface area (Å²) in [4.78, 5) is 17.0. The van der Waals surface area contributed by atoms with Crippen molar-refractivity contribution in [3.05, 3.63) is 95.8 Å². The number of nitrogens with one attached hydrogen (secondary N) is 1. The minimum atomic E-state index is -0.270. The highest BCUT2D eigenvalue weighted by molar-refractivity contribution is 5.79. The summed E-state index contributed by atoms with van der Waals surface area (Å²) in [5.74, 6) is 0.726. The number of ether oxygens (including phenoxy) is 1. The Kier molecular flexibility index (Phi) is 5.42. The Hall–Kier alpha value is -3.14.